The van der Waals surface area contributed by atoms with E-state index < -0.39 is 0 Å². The molecule has 0 amide bonds. The zero-order valence-electron chi connectivity index (χ0n) is 24.6. The number of alkyl halides is 1. The Kier molecular flexibility index (Phi) is 40.9. The molecule has 0 unspecified atom stereocenters. The van der Waals surface area contributed by atoms with Gasteiger partial charge in [-0.1, -0.05) is 152 Å². The van der Waals surface area contributed by atoms with Gasteiger partial charge in [-0.25, -0.2) is 0 Å². The lowest BCUT2D eigenvalue weighted by Gasteiger charge is -2.27. The zero-order valence-corrected chi connectivity index (χ0v) is 24.6. The molecule has 0 atom stereocenters. The van der Waals surface area contributed by atoms with E-state index in [1.807, 2.05) is 41.5 Å². The molecule has 0 nitrogen and oxygen atoms in total. The monoisotopic (exact) mass is 442 g/mol. The lowest BCUT2D eigenvalue weighted by Crippen LogP contribution is -2.19. The van der Waals surface area contributed by atoms with Crippen LogP contribution < -0.4 is 0 Å². The molecule has 190 valence electrons. The van der Waals surface area contributed by atoms with Crippen molar-refractivity contribution in [1.29, 1.82) is 0 Å². The van der Waals surface area contributed by atoms with Crippen molar-refractivity contribution in [3.8, 4) is 0 Å². The molecule has 0 saturated heterocycles. The SMILES string of the molecule is CC.CC.CC.CCCC(CC)CCC.CF.Cc1ccc(C(C)(C)CC(C)C)cc1. The minimum Gasteiger partial charge on any atom is -0.255 e. The van der Waals surface area contributed by atoms with Crippen molar-refractivity contribution >= 4 is 0 Å². The molecular weight excluding hydrogens is 379 g/mol. The molecule has 1 heteroatoms. The van der Waals surface area contributed by atoms with E-state index >= 15 is 0 Å². The average molecular weight is 443 g/mol. The number of halogens is 1. The molecule has 0 saturated carbocycles. The smallest absolute Gasteiger partial charge is 0.0785 e. The quantitative estimate of drug-likeness (QED) is 0.375. The summed E-state index contributed by atoms with van der Waals surface area (Å²) in [6, 6.07) is 8.93. The fourth-order valence-corrected chi connectivity index (χ4v) is 3.51. The highest BCUT2D eigenvalue weighted by atomic mass is 19.1. The van der Waals surface area contributed by atoms with Gasteiger partial charge in [0.1, 0.15) is 0 Å². The summed E-state index contributed by atoms with van der Waals surface area (Å²) in [5.41, 5.74) is 3.10. The van der Waals surface area contributed by atoms with Gasteiger partial charge in [0.15, 0.2) is 0 Å². The minimum atomic E-state index is 0.307. The van der Waals surface area contributed by atoms with E-state index in [9.17, 15) is 4.39 Å². The first kappa shape index (κ1) is 40.5. The van der Waals surface area contributed by atoms with Gasteiger partial charge < -0.3 is 0 Å². The second kappa shape index (κ2) is 31.3. The third-order valence-electron chi connectivity index (χ3n) is 4.72. The van der Waals surface area contributed by atoms with E-state index in [2.05, 4.69) is 79.7 Å². The molecule has 1 aromatic rings. The van der Waals surface area contributed by atoms with Crippen LogP contribution >= 0.6 is 0 Å². The summed E-state index contributed by atoms with van der Waals surface area (Å²) in [6.07, 6.45) is 8.21. The van der Waals surface area contributed by atoms with Crippen LogP contribution in [0.25, 0.3) is 0 Å². The average Bonchev–Trinajstić information content (AvgIpc) is 2.79. The molecule has 0 spiro atoms. The fourth-order valence-electron chi connectivity index (χ4n) is 3.51. The highest BCUT2D eigenvalue weighted by molar-refractivity contribution is 5.27. The maximum absolute atomic E-state index is 9.50. The molecule has 0 bridgehead atoms. The third kappa shape index (κ3) is 27.1. The summed E-state index contributed by atoms with van der Waals surface area (Å²) >= 11 is 0. The molecule has 0 aromatic heterocycles. The predicted molar refractivity (Wildman–Crippen MR) is 148 cm³/mol. The molecule has 0 aliphatic rings. The van der Waals surface area contributed by atoms with E-state index in [1.54, 1.807) is 0 Å². The van der Waals surface area contributed by atoms with Gasteiger partial charge in [-0.05, 0) is 36.2 Å². The molecule has 1 aromatic carbocycles. The van der Waals surface area contributed by atoms with Gasteiger partial charge >= 0.3 is 0 Å². The summed E-state index contributed by atoms with van der Waals surface area (Å²) in [7, 11) is 0.500. The Labute approximate surface area is 199 Å². The van der Waals surface area contributed by atoms with Crippen LogP contribution in [-0.4, -0.2) is 7.18 Å². The molecule has 0 fully saturated rings. The van der Waals surface area contributed by atoms with E-state index in [1.165, 1.54) is 49.7 Å². The Balaban J connectivity index is -0.000000115. The minimum absolute atomic E-state index is 0.307. The Morgan fingerprint density at radius 2 is 1.10 bits per heavy atom. The molecule has 0 aliphatic carbocycles. The van der Waals surface area contributed by atoms with E-state index in [-0.39, 0.29) is 0 Å². The summed E-state index contributed by atoms with van der Waals surface area (Å²) in [4.78, 5) is 0. The maximum Gasteiger partial charge on any atom is 0.0785 e. The molecule has 0 aliphatic heterocycles. The van der Waals surface area contributed by atoms with Crippen molar-refractivity contribution in [3.63, 3.8) is 0 Å². The summed E-state index contributed by atoms with van der Waals surface area (Å²) in [5, 5.41) is 0. The van der Waals surface area contributed by atoms with Gasteiger partial charge in [0.25, 0.3) is 0 Å². The first-order valence-electron chi connectivity index (χ1n) is 13.2. The van der Waals surface area contributed by atoms with E-state index in [4.69, 9.17) is 0 Å². The van der Waals surface area contributed by atoms with Crippen LogP contribution in [0.15, 0.2) is 24.3 Å². The van der Waals surface area contributed by atoms with Crippen LogP contribution in [0.3, 0.4) is 0 Å². The first-order chi connectivity index (χ1) is 14.8. The Hall–Kier alpha value is -0.850. The number of benzene rings is 1. The third-order valence-corrected chi connectivity index (χ3v) is 4.72. The molecule has 1 rings (SSSR count). The van der Waals surface area contributed by atoms with Gasteiger partial charge in [-0.2, -0.15) is 0 Å². The van der Waals surface area contributed by atoms with Crippen LogP contribution in [0.4, 0.5) is 4.39 Å². The van der Waals surface area contributed by atoms with Gasteiger partial charge in [0, 0.05) is 0 Å². The van der Waals surface area contributed by atoms with E-state index in [0.29, 0.717) is 12.6 Å². The molecule has 0 heterocycles. The Morgan fingerprint density at radius 1 is 0.742 bits per heavy atom. The molecule has 0 radical (unpaired) electrons. The van der Waals surface area contributed by atoms with E-state index in [0.717, 1.165) is 11.8 Å². The number of rotatable bonds is 8. The standard InChI is InChI=1S/C14H22.C9H20.3C2H6.CH3F/c1-11(2)10-14(4,5)13-8-6-12(3)7-9-13;1-4-7-9(6-3)8-5-2;4*1-2/h6-9,11H,10H2,1-5H3;9H,4-8H2,1-3H3;3*1-2H3;1H3. The zero-order chi connectivity index (χ0) is 25.9. The van der Waals surface area contributed by atoms with Crippen LogP contribution in [-0.2, 0) is 5.41 Å². The largest absolute Gasteiger partial charge is 0.255 e. The topological polar surface area (TPSA) is 0 Å². The van der Waals surface area contributed by atoms with Crippen LogP contribution in [0.5, 0.6) is 0 Å². The molecule has 31 heavy (non-hydrogen) atoms. The van der Waals surface area contributed by atoms with Crippen molar-refractivity contribution in [2.75, 3.05) is 7.18 Å². The summed E-state index contributed by atoms with van der Waals surface area (Å²) in [6.45, 7) is 30.2. The van der Waals surface area contributed by atoms with Crippen molar-refractivity contribution < 1.29 is 4.39 Å². The maximum atomic E-state index is 9.50. The van der Waals surface area contributed by atoms with Crippen molar-refractivity contribution in [2.24, 2.45) is 11.8 Å². The van der Waals surface area contributed by atoms with Gasteiger partial charge in [0.2, 0.25) is 0 Å². The molecule has 0 N–H and O–H groups in total. The Morgan fingerprint density at radius 3 is 1.35 bits per heavy atom. The lowest BCUT2D eigenvalue weighted by atomic mass is 9.78. The van der Waals surface area contributed by atoms with Crippen LogP contribution in [0, 0.1) is 18.8 Å². The van der Waals surface area contributed by atoms with Crippen molar-refractivity contribution in [1.82, 2.24) is 0 Å². The highest BCUT2D eigenvalue weighted by Crippen LogP contribution is 2.30. The lowest BCUT2D eigenvalue weighted by molar-refractivity contribution is 0.399. The van der Waals surface area contributed by atoms with Crippen molar-refractivity contribution in [3.05, 3.63) is 35.4 Å². The highest BCUT2D eigenvalue weighted by Gasteiger charge is 2.21. The van der Waals surface area contributed by atoms with Crippen molar-refractivity contribution in [2.45, 2.75) is 141 Å². The van der Waals surface area contributed by atoms with Crippen LogP contribution in [0.2, 0.25) is 0 Å². The Bertz CT molecular complexity index is 383. The van der Waals surface area contributed by atoms with Gasteiger partial charge in [-0.3, -0.25) is 4.39 Å². The normalized spacial score (nSPS) is 9.35. The first-order valence-corrected chi connectivity index (χ1v) is 13.2. The predicted octanol–water partition coefficient (Wildman–Crippen LogP) is 11.6. The van der Waals surface area contributed by atoms with Gasteiger partial charge in [0.05, 0.1) is 7.18 Å². The number of hydrogen-bond acceptors (Lipinski definition) is 0. The molecular formula is C30H63F. The number of hydrogen-bond donors (Lipinski definition) is 0. The number of aryl methyl sites for hydroxylation is 1. The summed E-state index contributed by atoms with van der Waals surface area (Å²) < 4.78 is 9.50. The van der Waals surface area contributed by atoms with Crippen LogP contribution in [0.1, 0.15) is 140 Å². The second-order valence-electron chi connectivity index (χ2n) is 8.20. The van der Waals surface area contributed by atoms with Gasteiger partial charge in [-0.15, -0.1) is 0 Å². The fraction of sp³-hybridized carbons (Fsp3) is 0.800. The summed E-state index contributed by atoms with van der Waals surface area (Å²) in [5.74, 6) is 1.77. The second-order valence-corrected chi connectivity index (χ2v) is 8.20.